The zero-order valence-corrected chi connectivity index (χ0v) is 11.7. The van der Waals surface area contributed by atoms with E-state index in [1.807, 2.05) is 54.3 Å². The van der Waals surface area contributed by atoms with Gasteiger partial charge in [0.1, 0.15) is 5.75 Å². The molecule has 3 rings (SSSR count). The van der Waals surface area contributed by atoms with Crippen LogP contribution in [0.1, 0.15) is 19.8 Å². The Labute approximate surface area is 119 Å². The topological polar surface area (TPSA) is 29.5 Å². The molecule has 1 aliphatic rings. The van der Waals surface area contributed by atoms with Crippen LogP contribution in [0.15, 0.2) is 42.5 Å². The molecule has 0 saturated heterocycles. The van der Waals surface area contributed by atoms with Crippen molar-refractivity contribution in [3.8, 4) is 5.75 Å². The molecule has 1 amide bonds. The van der Waals surface area contributed by atoms with Crippen LogP contribution in [0.3, 0.4) is 0 Å². The van der Waals surface area contributed by atoms with E-state index in [1.165, 1.54) is 0 Å². The van der Waals surface area contributed by atoms with E-state index in [-0.39, 0.29) is 12.5 Å². The second kappa shape index (κ2) is 5.53. The molecule has 2 aromatic rings. The molecule has 0 atom stereocenters. The number of hydrogen-bond acceptors (Lipinski definition) is 2. The average molecular weight is 269 g/mol. The number of carbonyl (C=O) groups excluding carboxylic acids is 1. The summed E-state index contributed by atoms with van der Waals surface area (Å²) in [6, 6.07) is 14.4. The summed E-state index contributed by atoms with van der Waals surface area (Å²) in [5.74, 6) is 0.867. The number of rotatable bonds is 5. The van der Waals surface area contributed by atoms with Crippen molar-refractivity contribution in [3.05, 3.63) is 42.5 Å². The Bertz CT molecular complexity index is 614. The molecule has 0 heterocycles. The molecule has 104 valence electrons. The molecule has 2 aromatic carbocycles. The highest BCUT2D eigenvalue weighted by Gasteiger charge is 2.31. The first kappa shape index (κ1) is 13.0. The van der Waals surface area contributed by atoms with E-state index in [0.717, 1.165) is 35.9 Å². The third kappa shape index (κ3) is 2.62. The van der Waals surface area contributed by atoms with Gasteiger partial charge < -0.3 is 9.64 Å². The van der Waals surface area contributed by atoms with Crippen molar-refractivity contribution in [2.45, 2.75) is 25.8 Å². The summed E-state index contributed by atoms with van der Waals surface area (Å²) < 4.78 is 5.75. The quantitative estimate of drug-likeness (QED) is 0.834. The van der Waals surface area contributed by atoms with E-state index in [0.29, 0.717) is 6.04 Å². The number of hydrogen-bond donors (Lipinski definition) is 0. The van der Waals surface area contributed by atoms with Gasteiger partial charge in [-0.25, -0.2) is 0 Å². The first-order valence-electron chi connectivity index (χ1n) is 7.19. The highest BCUT2D eigenvalue weighted by molar-refractivity contribution is 5.88. The molecule has 0 unspecified atom stereocenters. The molecule has 0 N–H and O–H groups in total. The number of fused-ring (bicyclic) bond motifs is 1. The van der Waals surface area contributed by atoms with Crippen molar-refractivity contribution in [1.82, 2.24) is 4.90 Å². The van der Waals surface area contributed by atoms with Crippen LogP contribution in [0.5, 0.6) is 5.75 Å². The van der Waals surface area contributed by atoms with Crippen molar-refractivity contribution in [3.63, 3.8) is 0 Å². The van der Waals surface area contributed by atoms with Crippen molar-refractivity contribution < 1.29 is 9.53 Å². The number of benzene rings is 2. The summed E-state index contributed by atoms with van der Waals surface area (Å²) in [6.07, 6.45) is 2.27. The van der Waals surface area contributed by atoms with Gasteiger partial charge in [0.2, 0.25) is 0 Å². The number of amides is 1. The van der Waals surface area contributed by atoms with Crippen molar-refractivity contribution in [2.75, 3.05) is 13.2 Å². The van der Waals surface area contributed by atoms with Crippen LogP contribution in [-0.2, 0) is 4.79 Å². The van der Waals surface area contributed by atoms with Crippen molar-refractivity contribution in [2.24, 2.45) is 0 Å². The van der Waals surface area contributed by atoms with Crippen LogP contribution in [0.2, 0.25) is 0 Å². The summed E-state index contributed by atoms with van der Waals surface area (Å²) in [4.78, 5) is 14.1. The lowest BCUT2D eigenvalue weighted by atomic mass is 10.1. The fourth-order valence-corrected chi connectivity index (χ4v) is 2.57. The predicted molar refractivity (Wildman–Crippen MR) is 79.9 cm³/mol. The smallest absolute Gasteiger partial charge is 0.260 e. The normalized spacial score (nSPS) is 14.2. The fraction of sp³-hybridized carbons (Fsp3) is 0.353. The SMILES string of the molecule is CCN(C(=O)COc1cccc2ccccc12)C1CC1. The molecule has 0 aromatic heterocycles. The highest BCUT2D eigenvalue weighted by Crippen LogP contribution is 2.28. The minimum atomic E-state index is 0.0861. The van der Waals surface area contributed by atoms with Crippen LogP contribution in [0.4, 0.5) is 0 Å². The molecule has 0 bridgehead atoms. The summed E-state index contributed by atoms with van der Waals surface area (Å²) in [6.45, 7) is 2.91. The monoisotopic (exact) mass is 269 g/mol. The number of nitrogens with zero attached hydrogens (tertiary/aromatic N) is 1. The number of ether oxygens (including phenoxy) is 1. The van der Waals surface area contributed by atoms with Gasteiger partial charge in [0, 0.05) is 18.0 Å². The molecule has 3 heteroatoms. The zero-order chi connectivity index (χ0) is 13.9. The molecule has 0 aliphatic heterocycles. The van der Waals surface area contributed by atoms with E-state index in [1.54, 1.807) is 0 Å². The summed E-state index contributed by atoms with van der Waals surface area (Å²) in [5, 5.41) is 2.18. The Balaban J connectivity index is 1.72. The Hall–Kier alpha value is -2.03. The lowest BCUT2D eigenvalue weighted by Crippen LogP contribution is -2.36. The van der Waals surface area contributed by atoms with Crippen molar-refractivity contribution in [1.29, 1.82) is 0 Å². The summed E-state index contributed by atoms with van der Waals surface area (Å²) >= 11 is 0. The first-order chi connectivity index (χ1) is 9.79. The molecular formula is C17H19NO2. The van der Waals surface area contributed by atoms with E-state index in [4.69, 9.17) is 4.74 Å². The maximum absolute atomic E-state index is 12.2. The van der Waals surface area contributed by atoms with Gasteiger partial charge >= 0.3 is 0 Å². The molecular weight excluding hydrogens is 250 g/mol. The van der Waals surface area contributed by atoms with Gasteiger partial charge in [-0.05, 0) is 31.2 Å². The molecule has 20 heavy (non-hydrogen) atoms. The van der Waals surface area contributed by atoms with E-state index >= 15 is 0 Å². The minimum absolute atomic E-state index is 0.0861. The number of carbonyl (C=O) groups is 1. The third-order valence-electron chi connectivity index (χ3n) is 3.75. The average Bonchev–Trinajstić information content (AvgIpc) is 3.30. The van der Waals surface area contributed by atoms with Crippen LogP contribution >= 0.6 is 0 Å². The molecule has 1 saturated carbocycles. The minimum Gasteiger partial charge on any atom is -0.483 e. The van der Waals surface area contributed by atoms with E-state index in [2.05, 4.69) is 0 Å². The highest BCUT2D eigenvalue weighted by atomic mass is 16.5. The van der Waals surface area contributed by atoms with Crippen molar-refractivity contribution >= 4 is 16.7 Å². The molecule has 3 nitrogen and oxygen atoms in total. The maximum Gasteiger partial charge on any atom is 0.260 e. The molecule has 1 fully saturated rings. The van der Waals surface area contributed by atoms with Gasteiger partial charge in [0.15, 0.2) is 6.61 Å². The molecule has 0 spiro atoms. The van der Waals surface area contributed by atoms with Crippen LogP contribution < -0.4 is 4.74 Å². The van der Waals surface area contributed by atoms with Gasteiger partial charge in [0.05, 0.1) is 0 Å². The van der Waals surface area contributed by atoms with Crippen LogP contribution in [-0.4, -0.2) is 30.0 Å². The Morgan fingerprint density at radius 3 is 2.70 bits per heavy atom. The Morgan fingerprint density at radius 1 is 1.20 bits per heavy atom. The van der Waals surface area contributed by atoms with Crippen LogP contribution in [0.25, 0.3) is 10.8 Å². The van der Waals surface area contributed by atoms with Gasteiger partial charge in [-0.3, -0.25) is 4.79 Å². The number of likely N-dealkylation sites (N-methyl/N-ethyl adjacent to an activating group) is 1. The standard InChI is InChI=1S/C17H19NO2/c1-2-18(14-10-11-14)17(19)12-20-16-9-5-7-13-6-3-4-8-15(13)16/h3-9,14H,2,10-12H2,1H3. The van der Waals surface area contributed by atoms with Gasteiger partial charge in [-0.2, -0.15) is 0 Å². The molecule has 1 aliphatic carbocycles. The second-order valence-electron chi connectivity index (χ2n) is 5.18. The van der Waals surface area contributed by atoms with Gasteiger partial charge in [0.25, 0.3) is 5.91 Å². The zero-order valence-electron chi connectivity index (χ0n) is 11.7. The summed E-state index contributed by atoms with van der Waals surface area (Å²) in [7, 11) is 0. The van der Waals surface area contributed by atoms with E-state index < -0.39 is 0 Å². The maximum atomic E-state index is 12.2. The second-order valence-corrected chi connectivity index (χ2v) is 5.18. The third-order valence-corrected chi connectivity index (χ3v) is 3.75. The largest absolute Gasteiger partial charge is 0.483 e. The molecule has 0 radical (unpaired) electrons. The Morgan fingerprint density at radius 2 is 1.95 bits per heavy atom. The fourth-order valence-electron chi connectivity index (χ4n) is 2.57. The van der Waals surface area contributed by atoms with Gasteiger partial charge in [-0.15, -0.1) is 0 Å². The lowest BCUT2D eigenvalue weighted by Gasteiger charge is -2.20. The first-order valence-corrected chi connectivity index (χ1v) is 7.19. The van der Waals surface area contributed by atoms with Crippen LogP contribution in [0, 0.1) is 0 Å². The summed E-state index contributed by atoms with van der Waals surface area (Å²) in [5.41, 5.74) is 0. The lowest BCUT2D eigenvalue weighted by molar-refractivity contribution is -0.133. The predicted octanol–water partition coefficient (Wildman–Crippen LogP) is 3.23. The Kier molecular flexibility index (Phi) is 3.59. The van der Waals surface area contributed by atoms with Gasteiger partial charge in [-0.1, -0.05) is 36.4 Å². The van der Waals surface area contributed by atoms with E-state index in [9.17, 15) is 4.79 Å².